The molecule has 75 heavy (non-hydrogen) atoms. The first kappa shape index (κ1) is 71.3. The summed E-state index contributed by atoms with van der Waals surface area (Å²) in [5.41, 5.74) is 0. The Labute approximate surface area is 464 Å². The van der Waals surface area contributed by atoms with E-state index in [0.29, 0.717) is 12.8 Å². The third kappa shape index (κ3) is 61.1. The van der Waals surface area contributed by atoms with Gasteiger partial charge in [0.1, 0.15) is 13.2 Å². The quantitative estimate of drug-likeness (QED) is 0.0261. The molecule has 0 radical (unpaired) electrons. The van der Waals surface area contributed by atoms with Crippen molar-refractivity contribution in [3.05, 3.63) is 97.2 Å². The molecule has 0 amide bonds. The number of hydrogen-bond acceptors (Lipinski definition) is 6. The highest BCUT2D eigenvalue weighted by molar-refractivity contribution is 5.72. The fourth-order valence-corrected chi connectivity index (χ4v) is 8.88. The predicted molar refractivity (Wildman–Crippen MR) is 325 cm³/mol. The molecule has 0 rings (SSSR count). The first-order chi connectivity index (χ1) is 37.0. The number of esters is 3. The molecular formula is C69H118O6. The number of unbranched alkanes of at least 4 members (excludes halogenated alkanes) is 31. The van der Waals surface area contributed by atoms with E-state index in [1.54, 1.807) is 6.08 Å². The van der Waals surface area contributed by atoms with Gasteiger partial charge in [-0.1, -0.05) is 298 Å². The van der Waals surface area contributed by atoms with Crippen LogP contribution >= 0.6 is 0 Å². The van der Waals surface area contributed by atoms with Gasteiger partial charge < -0.3 is 14.2 Å². The lowest BCUT2D eigenvalue weighted by molar-refractivity contribution is -0.166. The van der Waals surface area contributed by atoms with Gasteiger partial charge in [-0.25, -0.2) is 0 Å². The Morgan fingerprint density at radius 1 is 0.293 bits per heavy atom. The van der Waals surface area contributed by atoms with E-state index in [0.717, 1.165) is 83.5 Å². The van der Waals surface area contributed by atoms with Crippen LogP contribution in [0.25, 0.3) is 0 Å². The van der Waals surface area contributed by atoms with Crippen LogP contribution in [0.5, 0.6) is 0 Å². The van der Waals surface area contributed by atoms with Gasteiger partial charge in [-0.15, -0.1) is 0 Å². The summed E-state index contributed by atoms with van der Waals surface area (Å²) in [5.74, 6) is -1.04. The SMILES string of the molecule is CC/C=C\C/C=C\C/C=C\C/C=C\C/C=C\CC(=O)OC(COC(=O)CCCCCCCCCCC)COC(=O)CCCCCCCCCCCCCCCCCCCC/C=C\C/C=C\C/C=C\CCCCCCC. The van der Waals surface area contributed by atoms with Crippen LogP contribution in [-0.4, -0.2) is 37.2 Å². The van der Waals surface area contributed by atoms with Crippen LogP contribution in [-0.2, 0) is 28.6 Å². The Bertz CT molecular complexity index is 1480. The summed E-state index contributed by atoms with van der Waals surface area (Å²) in [6.07, 6.45) is 84.7. The molecule has 0 saturated carbocycles. The summed E-state index contributed by atoms with van der Waals surface area (Å²) in [6, 6.07) is 0. The van der Waals surface area contributed by atoms with Crippen LogP contribution in [0.3, 0.4) is 0 Å². The third-order valence-electron chi connectivity index (χ3n) is 13.6. The molecule has 0 bridgehead atoms. The maximum absolute atomic E-state index is 12.8. The minimum Gasteiger partial charge on any atom is -0.462 e. The Morgan fingerprint density at radius 3 is 0.880 bits per heavy atom. The van der Waals surface area contributed by atoms with Crippen molar-refractivity contribution >= 4 is 17.9 Å². The van der Waals surface area contributed by atoms with E-state index in [1.165, 1.54) is 180 Å². The monoisotopic (exact) mass is 1040 g/mol. The van der Waals surface area contributed by atoms with E-state index in [2.05, 4.69) is 106 Å². The molecular weight excluding hydrogens is 925 g/mol. The van der Waals surface area contributed by atoms with Crippen LogP contribution in [0.1, 0.15) is 303 Å². The molecule has 1 unspecified atom stereocenters. The van der Waals surface area contributed by atoms with Gasteiger partial charge in [0.15, 0.2) is 6.10 Å². The summed E-state index contributed by atoms with van der Waals surface area (Å²) in [6.45, 7) is 6.42. The maximum Gasteiger partial charge on any atom is 0.310 e. The van der Waals surface area contributed by atoms with Crippen molar-refractivity contribution in [2.75, 3.05) is 13.2 Å². The minimum atomic E-state index is -0.828. The molecule has 0 aliphatic rings. The van der Waals surface area contributed by atoms with Crippen molar-refractivity contribution in [1.82, 2.24) is 0 Å². The number of carbonyl (C=O) groups is 3. The van der Waals surface area contributed by atoms with E-state index in [4.69, 9.17) is 14.2 Å². The van der Waals surface area contributed by atoms with Crippen LogP contribution in [0.2, 0.25) is 0 Å². The molecule has 0 heterocycles. The number of rotatable bonds is 57. The fraction of sp³-hybridized carbons (Fsp3) is 0.725. The maximum atomic E-state index is 12.8. The molecule has 0 N–H and O–H groups in total. The largest absolute Gasteiger partial charge is 0.462 e. The lowest BCUT2D eigenvalue weighted by Gasteiger charge is -2.18. The Kier molecular flexibility index (Phi) is 59.8. The zero-order chi connectivity index (χ0) is 54.3. The highest BCUT2D eigenvalue weighted by Crippen LogP contribution is 2.16. The lowest BCUT2D eigenvalue weighted by atomic mass is 10.0. The fourth-order valence-electron chi connectivity index (χ4n) is 8.88. The van der Waals surface area contributed by atoms with Gasteiger partial charge in [-0.05, 0) is 83.5 Å². The average molecular weight is 1040 g/mol. The highest BCUT2D eigenvalue weighted by Gasteiger charge is 2.19. The standard InChI is InChI=1S/C69H118O6/c1-4-7-10-13-16-19-21-23-25-26-27-28-29-30-31-32-33-34-35-36-37-38-39-40-41-42-44-45-47-50-53-56-59-62-68(71)74-65-66(64-73-67(70)61-58-55-52-49-18-15-12-9-6-3)75-69(72)63-60-57-54-51-48-46-43-24-22-20-17-14-11-8-5-2/h8,11,17,20-21,23-24,26-27,29-30,43,48,51,57,60,66H,4-7,9-10,12-16,18-19,22,25,28,31-42,44-47,49-50,52-56,58-59,61-65H2,1-3H3/b11-8-,20-17-,23-21-,27-26-,30-29-,43-24-,51-48-,60-57-. The van der Waals surface area contributed by atoms with Gasteiger partial charge in [0, 0.05) is 12.8 Å². The topological polar surface area (TPSA) is 78.9 Å². The van der Waals surface area contributed by atoms with E-state index in [9.17, 15) is 14.4 Å². The van der Waals surface area contributed by atoms with Crippen molar-refractivity contribution < 1.29 is 28.6 Å². The Balaban J connectivity index is 4.12. The minimum absolute atomic E-state index is 0.0982. The molecule has 1 atom stereocenters. The third-order valence-corrected chi connectivity index (χ3v) is 13.6. The Morgan fingerprint density at radius 2 is 0.560 bits per heavy atom. The first-order valence-corrected chi connectivity index (χ1v) is 31.7. The average Bonchev–Trinajstić information content (AvgIpc) is 3.41. The first-order valence-electron chi connectivity index (χ1n) is 31.7. The van der Waals surface area contributed by atoms with Gasteiger partial charge in [0.2, 0.25) is 0 Å². The normalized spacial score (nSPS) is 12.7. The van der Waals surface area contributed by atoms with Gasteiger partial charge in [-0.2, -0.15) is 0 Å². The predicted octanol–water partition coefficient (Wildman–Crippen LogP) is 21.7. The summed E-state index contributed by atoms with van der Waals surface area (Å²) >= 11 is 0. The second kappa shape index (κ2) is 62.9. The molecule has 0 aliphatic heterocycles. The van der Waals surface area contributed by atoms with Crippen LogP contribution in [0, 0.1) is 0 Å². The zero-order valence-corrected chi connectivity index (χ0v) is 49.3. The Hall–Kier alpha value is -3.67. The van der Waals surface area contributed by atoms with Crippen molar-refractivity contribution in [1.29, 1.82) is 0 Å². The molecule has 6 nitrogen and oxygen atoms in total. The van der Waals surface area contributed by atoms with Crippen LogP contribution < -0.4 is 0 Å². The molecule has 0 aliphatic carbocycles. The summed E-state index contributed by atoms with van der Waals surface area (Å²) in [4.78, 5) is 38.0. The van der Waals surface area contributed by atoms with Gasteiger partial charge in [0.25, 0.3) is 0 Å². The molecule has 430 valence electrons. The zero-order valence-electron chi connectivity index (χ0n) is 49.3. The second-order valence-electron chi connectivity index (χ2n) is 21.0. The molecule has 0 spiro atoms. The molecule has 6 heteroatoms. The van der Waals surface area contributed by atoms with E-state index >= 15 is 0 Å². The number of hydrogen-bond donors (Lipinski definition) is 0. The lowest BCUT2D eigenvalue weighted by Crippen LogP contribution is -2.30. The smallest absolute Gasteiger partial charge is 0.310 e. The van der Waals surface area contributed by atoms with E-state index in [1.807, 2.05) is 6.08 Å². The summed E-state index contributed by atoms with van der Waals surface area (Å²) in [5, 5.41) is 0. The molecule has 0 aromatic rings. The van der Waals surface area contributed by atoms with Gasteiger partial charge >= 0.3 is 17.9 Å². The van der Waals surface area contributed by atoms with Crippen molar-refractivity contribution in [3.8, 4) is 0 Å². The van der Waals surface area contributed by atoms with Crippen LogP contribution in [0.15, 0.2) is 97.2 Å². The molecule has 0 saturated heterocycles. The van der Waals surface area contributed by atoms with Crippen molar-refractivity contribution in [2.24, 2.45) is 0 Å². The van der Waals surface area contributed by atoms with Crippen LogP contribution in [0.4, 0.5) is 0 Å². The van der Waals surface area contributed by atoms with E-state index < -0.39 is 12.1 Å². The van der Waals surface area contributed by atoms with Crippen molar-refractivity contribution in [3.63, 3.8) is 0 Å². The molecule has 0 fully saturated rings. The molecule has 0 aromatic carbocycles. The molecule has 0 aromatic heterocycles. The van der Waals surface area contributed by atoms with Gasteiger partial charge in [-0.3, -0.25) is 14.4 Å². The van der Waals surface area contributed by atoms with Crippen molar-refractivity contribution in [2.45, 2.75) is 309 Å². The highest BCUT2D eigenvalue weighted by atomic mass is 16.6. The van der Waals surface area contributed by atoms with E-state index in [-0.39, 0.29) is 31.6 Å². The van der Waals surface area contributed by atoms with Gasteiger partial charge in [0.05, 0.1) is 6.42 Å². The summed E-state index contributed by atoms with van der Waals surface area (Å²) < 4.78 is 16.7. The second-order valence-corrected chi connectivity index (χ2v) is 21.0. The number of ether oxygens (including phenoxy) is 3. The number of carbonyl (C=O) groups excluding carboxylic acids is 3. The number of allylic oxidation sites excluding steroid dienone is 15. The summed E-state index contributed by atoms with van der Waals surface area (Å²) in [7, 11) is 0.